The van der Waals surface area contributed by atoms with Crippen LogP contribution in [0.2, 0.25) is 0 Å². The van der Waals surface area contributed by atoms with E-state index in [2.05, 4.69) is 4.72 Å². The van der Waals surface area contributed by atoms with Crippen LogP contribution in [0.25, 0.3) is 0 Å². The molecule has 1 heterocycles. The zero-order chi connectivity index (χ0) is 15.6. The molecule has 2 rings (SSSR count). The zero-order valence-corrected chi connectivity index (χ0v) is 12.9. The number of nitrogens with one attached hydrogen (secondary N) is 1. The molecule has 0 amide bonds. The number of carboxylic acid groups (broad SMARTS) is 1. The number of hydrogen-bond donors (Lipinski definition) is 2. The van der Waals surface area contributed by atoms with Gasteiger partial charge in [-0.05, 0) is 18.1 Å². The number of carboxylic acids is 1. The largest absolute Gasteiger partial charge is 0.481 e. The van der Waals surface area contributed by atoms with Gasteiger partial charge >= 0.3 is 5.97 Å². The molecule has 2 atom stereocenters. The van der Waals surface area contributed by atoms with E-state index < -0.39 is 21.9 Å². The summed E-state index contributed by atoms with van der Waals surface area (Å²) in [5, 5.41) is 9.20. The van der Waals surface area contributed by atoms with Gasteiger partial charge in [0, 0.05) is 19.6 Å². The lowest BCUT2D eigenvalue weighted by Crippen LogP contribution is -2.28. The summed E-state index contributed by atoms with van der Waals surface area (Å²) >= 11 is 0. The summed E-state index contributed by atoms with van der Waals surface area (Å²) in [6.07, 6.45) is 0. The second kappa shape index (κ2) is 6.03. The number of aliphatic carboxylic acids is 1. The minimum absolute atomic E-state index is 0.0163. The highest BCUT2D eigenvalue weighted by molar-refractivity contribution is 7.89. The molecule has 7 heteroatoms. The molecule has 2 N–H and O–H groups in total. The van der Waals surface area contributed by atoms with Crippen LogP contribution in [0.4, 0.5) is 5.69 Å². The summed E-state index contributed by atoms with van der Waals surface area (Å²) in [5.41, 5.74) is 0.564. The molecular formula is C14H20N2O4S. The second-order valence-corrected chi connectivity index (χ2v) is 7.03. The quantitative estimate of drug-likeness (QED) is 0.851. The summed E-state index contributed by atoms with van der Waals surface area (Å²) in [7, 11) is -3.57. The summed E-state index contributed by atoms with van der Waals surface area (Å²) in [6.45, 7) is 4.77. The topological polar surface area (TPSA) is 86.7 Å². The van der Waals surface area contributed by atoms with Gasteiger partial charge in [-0.3, -0.25) is 4.79 Å². The highest BCUT2D eigenvalue weighted by Gasteiger charge is 2.36. The second-order valence-electron chi connectivity index (χ2n) is 5.30. The molecule has 0 aromatic heterocycles. The predicted octanol–water partition coefficient (Wildman–Crippen LogP) is 1.14. The Morgan fingerprint density at radius 2 is 2.05 bits per heavy atom. The van der Waals surface area contributed by atoms with E-state index in [1.54, 1.807) is 31.2 Å². The number of carbonyl (C=O) groups is 1. The third-order valence-corrected chi connectivity index (χ3v) is 5.35. The number of sulfonamides is 1. The maximum Gasteiger partial charge on any atom is 0.308 e. The van der Waals surface area contributed by atoms with Crippen LogP contribution < -0.4 is 9.62 Å². The molecule has 0 aliphatic carbocycles. The van der Waals surface area contributed by atoms with Gasteiger partial charge in [-0.25, -0.2) is 13.1 Å². The number of rotatable bonds is 5. The minimum Gasteiger partial charge on any atom is -0.481 e. The van der Waals surface area contributed by atoms with Crippen molar-refractivity contribution in [2.24, 2.45) is 11.8 Å². The van der Waals surface area contributed by atoms with Crippen LogP contribution in [-0.2, 0) is 14.8 Å². The molecule has 0 saturated carbocycles. The average molecular weight is 312 g/mol. The molecule has 0 bridgehead atoms. The van der Waals surface area contributed by atoms with Crippen LogP contribution in [-0.4, -0.2) is 39.1 Å². The molecule has 1 aromatic rings. The van der Waals surface area contributed by atoms with E-state index in [1.165, 1.54) is 0 Å². The molecule has 116 valence electrons. The molecule has 1 aliphatic rings. The van der Waals surface area contributed by atoms with Gasteiger partial charge in [-0.2, -0.15) is 0 Å². The first-order chi connectivity index (χ1) is 9.86. The highest BCUT2D eigenvalue weighted by atomic mass is 32.2. The standard InChI is InChI=1S/C14H20N2O4S/c1-3-15-21(19,20)13-7-5-4-6-12(13)16-8-10(2)11(9-16)14(17)18/h4-7,10-11,15H,3,8-9H2,1-2H3,(H,17,18). The van der Waals surface area contributed by atoms with E-state index in [4.69, 9.17) is 0 Å². The highest BCUT2D eigenvalue weighted by Crippen LogP contribution is 2.32. The lowest BCUT2D eigenvalue weighted by atomic mass is 9.99. The van der Waals surface area contributed by atoms with Gasteiger partial charge in [0.15, 0.2) is 0 Å². The molecule has 2 unspecified atom stereocenters. The van der Waals surface area contributed by atoms with Crippen molar-refractivity contribution in [3.63, 3.8) is 0 Å². The van der Waals surface area contributed by atoms with Gasteiger partial charge in [-0.1, -0.05) is 26.0 Å². The fourth-order valence-corrected chi connectivity index (χ4v) is 3.96. The van der Waals surface area contributed by atoms with Crippen LogP contribution in [0, 0.1) is 11.8 Å². The Hall–Kier alpha value is -1.60. The molecular weight excluding hydrogens is 292 g/mol. The van der Waals surface area contributed by atoms with Crippen molar-refractivity contribution < 1.29 is 18.3 Å². The van der Waals surface area contributed by atoms with Crippen molar-refractivity contribution in [2.45, 2.75) is 18.7 Å². The summed E-state index contributed by atoms with van der Waals surface area (Å²) in [4.78, 5) is 13.3. The SMILES string of the molecule is CCNS(=O)(=O)c1ccccc1N1CC(C)C(C(=O)O)C1. The lowest BCUT2D eigenvalue weighted by Gasteiger charge is -2.21. The van der Waals surface area contributed by atoms with E-state index in [9.17, 15) is 18.3 Å². The smallest absolute Gasteiger partial charge is 0.308 e. The predicted molar refractivity (Wildman–Crippen MR) is 79.8 cm³/mol. The van der Waals surface area contributed by atoms with Gasteiger partial charge in [-0.15, -0.1) is 0 Å². The van der Waals surface area contributed by atoms with Gasteiger partial charge in [0.1, 0.15) is 4.90 Å². The first-order valence-electron chi connectivity index (χ1n) is 6.93. The number of anilines is 1. The van der Waals surface area contributed by atoms with E-state index in [0.29, 0.717) is 25.3 Å². The Morgan fingerprint density at radius 1 is 1.38 bits per heavy atom. The van der Waals surface area contributed by atoms with Gasteiger partial charge < -0.3 is 10.0 Å². The maximum absolute atomic E-state index is 12.3. The summed E-state index contributed by atoms with van der Waals surface area (Å²) < 4.78 is 27.0. The van der Waals surface area contributed by atoms with E-state index >= 15 is 0 Å². The summed E-state index contributed by atoms with van der Waals surface area (Å²) in [5.74, 6) is -1.32. The van der Waals surface area contributed by atoms with Crippen LogP contribution in [0.15, 0.2) is 29.2 Å². The van der Waals surface area contributed by atoms with Crippen LogP contribution >= 0.6 is 0 Å². The van der Waals surface area contributed by atoms with Gasteiger partial charge in [0.25, 0.3) is 0 Å². The van der Waals surface area contributed by atoms with Crippen molar-refractivity contribution in [3.8, 4) is 0 Å². The molecule has 1 saturated heterocycles. The fourth-order valence-electron chi connectivity index (χ4n) is 2.70. The van der Waals surface area contributed by atoms with Gasteiger partial charge in [0.05, 0.1) is 11.6 Å². The first-order valence-corrected chi connectivity index (χ1v) is 8.41. The van der Waals surface area contributed by atoms with Crippen molar-refractivity contribution in [1.29, 1.82) is 0 Å². The fraction of sp³-hybridized carbons (Fsp3) is 0.500. The zero-order valence-electron chi connectivity index (χ0n) is 12.1. The molecule has 1 aromatic carbocycles. The lowest BCUT2D eigenvalue weighted by molar-refractivity contribution is -0.142. The normalized spacial score (nSPS) is 22.5. The van der Waals surface area contributed by atoms with Gasteiger partial charge in [0.2, 0.25) is 10.0 Å². The molecule has 6 nitrogen and oxygen atoms in total. The van der Waals surface area contributed by atoms with Crippen molar-refractivity contribution >= 4 is 21.7 Å². The van der Waals surface area contributed by atoms with Crippen LogP contribution in [0.5, 0.6) is 0 Å². The third-order valence-electron chi connectivity index (χ3n) is 3.76. The van der Waals surface area contributed by atoms with Crippen LogP contribution in [0.1, 0.15) is 13.8 Å². The number of benzene rings is 1. The Morgan fingerprint density at radius 3 is 2.62 bits per heavy atom. The summed E-state index contributed by atoms with van der Waals surface area (Å²) in [6, 6.07) is 6.70. The number of hydrogen-bond acceptors (Lipinski definition) is 4. The number of nitrogens with zero attached hydrogens (tertiary/aromatic N) is 1. The Kier molecular flexibility index (Phi) is 4.53. The Labute approximate surface area is 124 Å². The number of para-hydroxylation sites is 1. The van der Waals surface area contributed by atoms with Crippen molar-refractivity contribution in [2.75, 3.05) is 24.5 Å². The minimum atomic E-state index is -3.57. The van der Waals surface area contributed by atoms with E-state index in [1.807, 2.05) is 11.8 Å². The Balaban J connectivity index is 2.36. The average Bonchev–Trinajstić information content (AvgIpc) is 2.81. The van der Waals surface area contributed by atoms with E-state index in [-0.39, 0.29) is 10.8 Å². The maximum atomic E-state index is 12.3. The van der Waals surface area contributed by atoms with E-state index in [0.717, 1.165) is 0 Å². The van der Waals surface area contributed by atoms with Crippen molar-refractivity contribution in [3.05, 3.63) is 24.3 Å². The molecule has 0 spiro atoms. The molecule has 21 heavy (non-hydrogen) atoms. The van der Waals surface area contributed by atoms with Crippen LogP contribution in [0.3, 0.4) is 0 Å². The third kappa shape index (κ3) is 3.19. The Bertz CT molecular complexity index is 630. The first kappa shape index (κ1) is 15.8. The molecule has 0 radical (unpaired) electrons. The monoisotopic (exact) mass is 312 g/mol. The van der Waals surface area contributed by atoms with Crippen molar-refractivity contribution in [1.82, 2.24) is 4.72 Å². The molecule has 1 aliphatic heterocycles. The molecule has 1 fully saturated rings.